The lowest BCUT2D eigenvalue weighted by Gasteiger charge is -2.06. The van der Waals surface area contributed by atoms with Crippen LogP contribution in [0, 0.1) is 0 Å². The summed E-state index contributed by atoms with van der Waals surface area (Å²) >= 11 is 6.03. The zero-order chi connectivity index (χ0) is 11.7. The van der Waals surface area contributed by atoms with Crippen LogP contribution < -0.4 is 4.74 Å². The zero-order valence-corrected chi connectivity index (χ0v) is 9.58. The van der Waals surface area contributed by atoms with Crippen LogP contribution in [0.5, 0.6) is 5.88 Å². The molecule has 0 saturated heterocycles. The number of carbonyl (C=O) groups is 1. The number of ketones is 1. The first kappa shape index (κ1) is 10.8. The Morgan fingerprint density at radius 3 is 2.75 bits per heavy atom. The summed E-state index contributed by atoms with van der Waals surface area (Å²) < 4.78 is 5.11. The summed E-state index contributed by atoms with van der Waals surface area (Å²) in [5.74, 6) is 0.243. The number of aromatic nitrogens is 2. The maximum atomic E-state index is 11.2. The third kappa shape index (κ3) is 1.72. The first-order valence-electron chi connectivity index (χ1n) is 4.64. The molecule has 1 heterocycles. The lowest BCUT2D eigenvalue weighted by atomic mass is 10.2. The number of halogens is 1. The Morgan fingerprint density at radius 1 is 1.38 bits per heavy atom. The average Bonchev–Trinajstić information content (AvgIpc) is 2.27. The molecule has 2 rings (SSSR count). The molecule has 0 N–H and O–H groups in total. The van der Waals surface area contributed by atoms with Crippen LogP contribution >= 0.6 is 11.6 Å². The third-order valence-corrected chi connectivity index (χ3v) is 2.46. The molecule has 4 nitrogen and oxygen atoms in total. The van der Waals surface area contributed by atoms with Crippen molar-refractivity contribution in [1.29, 1.82) is 0 Å². The van der Waals surface area contributed by atoms with Gasteiger partial charge in [0.15, 0.2) is 11.6 Å². The van der Waals surface area contributed by atoms with E-state index in [1.165, 1.54) is 14.0 Å². The smallest absolute Gasteiger partial charge is 0.226 e. The van der Waals surface area contributed by atoms with Crippen molar-refractivity contribution in [1.82, 2.24) is 9.97 Å². The predicted molar refractivity (Wildman–Crippen MR) is 61.1 cm³/mol. The van der Waals surface area contributed by atoms with E-state index >= 15 is 0 Å². The van der Waals surface area contributed by atoms with E-state index in [9.17, 15) is 4.79 Å². The fourth-order valence-corrected chi connectivity index (χ4v) is 1.66. The minimum absolute atomic E-state index is 0.131. The van der Waals surface area contributed by atoms with Crippen molar-refractivity contribution < 1.29 is 9.53 Å². The van der Waals surface area contributed by atoms with Gasteiger partial charge in [-0.25, -0.2) is 4.98 Å². The summed E-state index contributed by atoms with van der Waals surface area (Å²) in [7, 11) is 1.48. The molecular formula is C11H9ClN2O2. The number of fused-ring (bicyclic) bond motifs is 1. The summed E-state index contributed by atoms with van der Waals surface area (Å²) in [4.78, 5) is 19.4. The van der Waals surface area contributed by atoms with Crippen molar-refractivity contribution in [2.75, 3.05) is 7.11 Å². The van der Waals surface area contributed by atoms with Crippen molar-refractivity contribution in [3.8, 4) is 5.88 Å². The van der Waals surface area contributed by atoms with Crippen LogP contribution in [0.2, 0.25) is 5.02 Å². The maximum absolute atomic E-state index is 11.2. The first-order chi connectivity index (χ1) is 7.63. The van der Waals surface area contributed by atoms with Gasteiger partial charge in [0, 0.05) is 6.92 Å². The largest absolute Gasteiger partial charge is 0.480 e. The molecule has 16 heavy (non-hydrogen) atoms. The van der Waals surface area contributed by atoms with E-state index in [-0.39, 0.29) is 11.6 Å². The molecule has 0 bridgehead atoms. The second-order valence-electron chi connectivity index (χ2n) is 3.25. The minimum Gasteiger partial charge on any atom is -0.480 e. The highest BCUT2D eigenvalue weighted by Crippen LogP contribution is 2.29. The Morgan fingerprint density at radius 2 is 2.12 bits per heavy atom. The minimum atomic E-state index is -0.208. The van der Waals surface area contributed by atoms with E-state index in [0.29, 0.717) is 21.8 Å². The molecule has 0 aliphatic rings. The van der Waals surface area contributed by atoms with Crippen molar-refractivity contribution in [2.24, 2.45) is 0 Å². The monoisotopic (exact) mass is 236 g/mol. The van der Waals surface area contributed by atoms with Crippen LogP contribution in [0.25, 0.3) is 10.9 Å². The molecule has 0 fully saturated rings. The SMILES string of the molecule is COc1nc(C(C)=O)nc2cccc(Cl)c12. The normalized spacial score (nSPS) is 10.4. The fourth-order valence-electron chi connectivity index (χ4n) is 1.41. The highest BCUT2D eigenvalue weighted by molar-refractivity contribution is 6.35. The highest BCUT2D eigenvalue weighted by atomic mass is 35.5. The molecule has 1 aromatic heterocycles. The van der Waals surface area contributed by atoms with Gasteiger partial charge in [-0.2, -0.15) is 4.98 Å². The molecule has 2 aromatic rings. The number of Topliss-reactive ketones (excluding diaryl/α,β-unsaturated/α-hetero) is 1. The topological polar surface area (TPSA) is 52.1 Å². The van der Waals surface area contributed by atoms with Crippen molar-refractivity contribution in [3.63, 3.8) is 0 Å². The first-order valence-corrected chi connectivity index (χ1v) is 5.02. The number of hydrogen-bond donors (Lipinski definition) is 0. The Hall–Kier alpha value is -1.68. The Kier molecular flexibility index (Phi) is 2.75. The summed E-state index contributed by atoms with van der Waals surface area (Å²) in [5.41, 5.74) is 0.601. The lowest BCUT2D eigenvalue weighted by molar-refractivity contribution is 0.100. The third-order valence-electron chi connectivity index (χ3n) is 2.15. The van der Waals surface area contributed by atoms with Crippen LogP contribution in [0.3, 0.4) is 0 Å². The molecule has 0 unspecified atom stereocenters. The summed E-state index contributed by atoms with van der Waals surface area (Å²) in [6.45, 7) is 1.41. The average molecular weight is 237 g/mol. The van der Waals surface area contributed by atoms with Crippen LogP contribution in [0.15, 0.2) is 18.2 Å². The molecule has 0 amide bonds. The van der Waals surface area contributed by atoms with E-state index < -0.39 is 0 Å². The Balaban J connectivity index is 2.84. The number of nitrogens with zero attached hydrogens (tertiary/aromatic N) is 2. The molecule has 0 radical (unpaired) electrons. The van der Waals surface area contributed by atoms with Gasteiger partial charge in [-0.15, -0.1) is 0 Å². The van der Waals surface area contributed by atoms with Crippen molar-refractivity contribution in [2.45, 2.75) is 6.92 Å². The number of methoxy groups -OCH3 is 1. The molecule has 0 spiro atoms. The number of benzene rings is 1. The summed E-state index contributed by atoms with van der Waals surface area (Å²) in [6.07, 6.45) is 0. The van der Waals surface area contributed by atoms with Gasteiger partial charge in [0.2, 0.25) is 5.88 Å². The van der Waals surface area contributed by atoms with Gasteiger partial charge < -0.3 is 4.74 Å². The maximum Gasteiger partial charge on any atom is 0.226 e. The fraction of sp³-hybridized carbons (Fsp3) is 0.182. The van der Waals surface area contributed by atoms with E-state index in [4.69, 9.17) is 16.3 Å². The van der Waals surface area contributed by atoms with Crippen molar-refractivity contribution in [3.05, 3.63) is 29.0 Å². The molecule has 1 aromatic carbocycles. The van der Waals surface area contributed by atoms with E-state index in [2.05, 4.69) is 9.97 Å². The Labute approximate surface area is 97.2 Å². The molecule has 82 valence electrons. The van der Waals surface area contributed by atoms with Gasteiger partial charge in [0.05, 0.1) is 23.0 Å². The van der Waals surface area contributed by atoms with Crippen LogP contribution in [-0.4, -0.2) is 22.9 Å². The second-order valence-corrected chi connectivity index (χ2v) is 3.65. The standard InChI is InChI=1S/C11H9ClN2O2/c1-6(15)10-13-8-5-3-4-7(12)9(8)11(14-10)16-2/h3-5H,1-2H3. The summed E-state index contributed by atoms with van der Waals surface area (Å²) in [6, 6.07) is 5.25. The second kappa shape index (κ2) is 4.06. The van der Waals surface area contributed by atoms with Gasteiger partial charge in [0.1, 0.15) is 0 Å². The van der Waals surface area contributed by atoms with Gasteiger partial charge >= 0.3 is 0 Å². The molecule has 0 aliphatic heterocycles. The number of carbonyl (C=O) groups excluding carboxylic acids is 1. The lowest BCUT2D eigenvalue weighted by Crippen LogP contribution is -2.03. The molecule has 0 atom stereocenters. The van der Waals surface area contributed by atoms with E-state index in [1.54, 1.807) is 18.2 Å². The predicted octanol–water partition coefficient (Wildman–Crippen LogP) is 2.49. The number of rotatable bonds is 2. The quantitative estimate of drug-likeness (QED) is 0.752. The zero-order valence-electron chi connectivity index (χ0n) is 8.82. The van der Waals surface area contributed by atoms with Gasteiger partial charge in [0.25, 0.3) is 0 Å². The van der Waals surface area contributed by atoms with E-state index in [0.717, 1.165) is 0 Å². The van der Waals surface area contributed by atoms with Crippen LogP contribution in [-0.2, 0) is 0 Å². The van der Waals surface area contributed by atoms with Gasteiger partial charge in [-0.05, 0) is 12.1 Å². The molecular weight excluding hydrogens is 228 g/mol. The van der Waals surface area contributed by atoms with Crippen LogP contribution in [0.1, 0.15) is 17.5 Å². The van der Waals surface area contributed by atoms with E-state index in [1.807, 2.05) is 0 Å². The Bertz CT molecular complexity index is 569. The summed E-state index contributed by atoms with van der Waals surface area (Å²) in [5, 5.41) is 1.13. The van der Waals surface area contributed by atoms with Gasteiger partial charge in [-0.1, -0.05) is 17.7 Å². The van der Waals surface area contributed by atoms with Crippen LogP contribution in [0.4, 0.5) is 0 Å². The van der Waals surface area contributed by atoms with Gasteiger partial charge in [-0.3, -0.25) is 4.79 Å². The molecule has 0 aliphatic carbocycles. The van der Waals surface area contributed by atoms with Crippen molar-refractivity contribution >= 4 is 28.3 Å². The number of hydrogen-bond acceptors (Lipinski definition) is 4. The molecule has 0 saturated carbocycles. The molecule has 5 heteroatoms. The number of ether oxygens (including phenoxy) is 1. The highest BCUT2D eigenvalue weighted by Gasteiger charge is 2.13.